The van der Waals surface area contributed by atoms with Crippen LogP contribution in [0.3, 0.4) is 0 Å². The summed E-state index contributed by atoms with van der Waals surface area (Å²) in [5.74, 6) is 0.135. The molecule has 5 nitrogen and oxygen atoms in total. The van der Waals surface area contributed by atoms with Crippen LogP contribution in [-0.4, -0.2) is 21.2 Å². The van der Waals surface area contributed by atoms with E-state index in [0.717, 1.165) is 16.6 Å². The van der Waals surface area contributed by atoms with Crippen molar-refractivity contribution in [3.05, 3.63) is 40.5 Å². The second-order valence-electron chi connectivity index (χ2n) is 3.99. The fraction of sp³-hybridized carbons (Fsp3) is 0.154. The molecular weight excluding hydrogens is 262 g/mol. The van der Waals surface area contributed by atoms with E-state index < -0.39 is 0 Å². The first-order chi connectivity index (χ1) is 9.28. The molecule has 1 aromatic carbocycles. The van der Waals surface area contributed by atoms with E-state index in [2.05, 4.69) is 15.2 Å². The molecule has 1 N–H and O–H groups in total. The Hall–Kier alpha value is -2.21. The number of nitrogens with one attached hydrogen (secondary N) is 1. The third kappa shape index (κ3) is 2.22. The molecule has 0 saturated carbocycles. The van der Waals surface area contributed by atoms with Crippen molar-refractivity contribution in [2.75, 3.05) is 0 Å². The third-order valence-corrected chi connectivity index (χ3v) is 3.63. The van der Waals surface area contributed by atoms with E-state index in [-0.39, 0.29) is 5.97 Å². The molecular formula is C13H11N3O2S. The topological polar surface area (TPSA) is 67.9 Å². The van der Waals surface area contributed by atoms with E-state index in [1.54, 1.807) is 23.8 Å². The van der Waals surface area contributed by atoms with Gasteiger partial charge in [0.1, 0.15) is 10.6 Å². The highest BCUT2D eigenvalue weighted by atomic mass is 32.1. The van der Waals surface area contributed by atoms with Crippen LogP contribution in [0.1, 0.15) is 22.3 Å². The Balaban J connectivity index is 1.86. The summed E-state index contributed by atoms with van der Waals surface area (Å²) in [6, 6.07) is 5.37. The van der Waals surface area contributed by atoms with Crippen molar-refractivity contribution < 1.29 is 9.53 Å². The summed E-state index contributed by atoms with van der Waals surface area (Å²) in [5.41, 5.74) is 3.27. The van der Waals surface area contributed by atoms with Crippen LogP contribution in [0.5, 0.6) is 5.75 Å². The number of aromatic amines is 1. The zero-order valence-electron chi connectivity index (χ0n) is 10.2. The number of fused-ring (bicyclic) bond motifs is 1. The van der Waals surface area contributed by atoms with E-state index in [1.807, 2.05) is 13.0 Å². The van der Waals surface area contributed by atoms with Crippen LogP contribution >= 0.6 is 11.3 Å². The highest BCUT2D eigenvalue weighted by molar-refractivity contribution is 7.11. The molecule has 96 valence electrons. The number of carbonyl (C=O) groups excluding carboxylic acids is 1. The Bertz CT molecular complexity index is 732. The molecule has 0 amide bonds. The van der Waals surface area contributed by atoms with Gasteiger partial charge in [0.2, 0.25) is 0 Å². The number of thiazole rings is 1. The molecule has 0 radical (unpaired) electrons. The quantitative estimate of drug-likeness (QED) is 0.588. The lowest BCUT2D eigenvalue weighted by molar-refractivity contribution is 0.0739. The number of carbonyl (C=O) groups is 1. The summed E-state index contributed by atoms with van der Waals surface area (Å²) in [6.45, 7) is 1.96. The van der Waals surface area contributed by atoms with Crippen LogP contribution in [0.15, 0.2) is 29.9 Å². The van der Waals surface area contributed by atoms with Crippen molar-refractivity contribution in [3.8, 4) is 5.75 Å². The minimum atomic E-state index is -0.363. The van der Waals surface area contributed by atoms with Crippen molar-refractivity contribution >= 4 is 28.2 Å². The molecule has 2 heterocycles. The van der Waals surface area contributed by atoms with E-state index >= 15 is 0 Å². The highest BCUT2D eigenvalue weighted by Gasteiger charge is 2.16. The molecule has 0 aliphatic rings. The van der Waals surface area contributed by atoms with Gasteiger partial charge in [-0.25, -0.2) is 9.78 Å². The van der Waals surface area contributed by atoms with Gasteiger partial charge in [0.15, 0.2) is 0 Å². The lowest BCUT2D eigenvalue weighted by atomic mass is 10.2. The molecule has 3 rings (SSSR count). The summed E-state index contributed by atoms with van der Waals surface area (Å²) in [5, 5.41) is 7.74. The van der Waals surface area contributed by atoms with Crippen LogP contribution in [0.25, 0.3) is 10.9 Å². The van der Waals surface area contributed by atoms with Crippen molar-refractivity contribution in [3.63, 3.8) is 0 Å². The van der Waals surface area contributed by atoms with Crippen molar-refractivity contribution in [1.29, 1.82) is 0 Å². The maximum Gasteiger partial charge on any atom is 0.355 e. The number of esters is 1. The largest absolute Gasteiger partial charge is 0.422 e. The lowest BCUT2D eigenvalue weighted by Crippen LogP contribution is -2.09. The summed E-state index contributed by atoms with van der Waals surface area (Å²) in [7, 11) is 0. The maximum atomic E-state index is 12.1. The number of rotatable bonds is 3. The minimum Gasteiger partial charge on any atom is -0.422 e. The number of aromatic nitrogens is 3. The minimum absolute atomic E-state index is 0.363. The molecule has 19 heavy (non-hydrogen) atoms. The molecule has 0 saturated heterocycles. The standard InChI is InChI=1S/C13H11N3O2S/c1-2-10-12(19-7-14-10)13(17)18-9-4-3-8-6-15-16-11(8)5-9/h3-7H,2H2,1H3,(H,15,16). The Morgan fingerprint density at radius 3 is 3.21 bits per heavy atom. The predicted octanol–water partition coefficient (Wildman–Crippen LogP) is 2.80. The van der Waals surface area contributed by atoms with Crippen LogP contribution in [0.2, 0.25) is 0 Å². The number of hydrogen-bond donors (Lipinski definition) is 1. The van der Waals surface area contributed by atoms with E-state index in [0.29, 0.717) is 17.0 Å². The van der Waals surface area contributed by atoms with Crippen LogP contribution in [0.4, 0.5) is 0 Å². The molecule has 0 atom stereocenters. The number of ether oxygens (including phenoxy) is 1. The molecule has 0 aliphatic carbocycles. The van der Waals surface area contributed by atoms with Gasteiger partial charge in [0.05, 0.1) is 22.9 Å². The smallest absolute Gasteiger partial charge is 0.355 e. The lowest BCUT2D eigenvalue weighted by Gasteiger charge is -2.03. The number of benzene rings is 1. The molecule has 0 spiro atoms. The van der Waals surface area contributed by atoms with Crippen molar-refractivity contribution in [2.45, 2.75) is 13.3 Å². The predicted molar refractivity (Wildman–Crippen MR) is 72.5 cm³/mol. The summed E-state index contributed by atoms with van der Waals surface area (Å²) in [4.78, 5) is 16.8. The summed E-state index contributed by atoms with van der Waals surface area (Å²) in [6.07, 6.45) is 2.44. The average molecular weight is 273 g/mol. The van der Waals surface area contributed by atoms with Gasteiger partial charge in [-0.2, -0.15) is 5.10 Å². The third-order valence-electron chi connectivity index (χ3n) is 2.79. The van der Waals surface area contributed by atoms with Crippen LogP contribution in [0, 0.1) is 0 Å². The second kappa shape index (κ2) is 4.81. The van der Waals surface area contributed by atoms with Gasteiger partial charge in [-0.3, -0.25) is 5.10 Å². The molecule has 0 bridgehead atoms. The molecule has 0 aliphatic heterocycles. The monoisotopic (exact) mass is 273 g/mol. The number of aryl methyl sites for hydroxylation is 1. The Morgan fingerprint density at radius 2 is 2.37 bits per heavy atom. The van der Waals surface area contributed by atoms with Crippen LogP contribution < -0.4 is 4.74 Å². The average Bonchev–Trinajstić information content (AvgIpc) is 3.06. The van der Waals surface area contributed by atoms with Gasteiger partial charge in [-0.05, 0) is 18.6 Å². The van der Waals surface area contributed by atoms with Gasteiger partial charge in [0, 0.05) is 11.5 Å². The van der Waals surface area contributed by atoms with Gasteiger partial charge >= 0.3 is 5.97 Å². The Labute approximate surface area is 113 Å². The normalized spacial score (nSPS) is 10.8. The fourth-order valence-corrected chi connectivity index (χ4v) is 2.58. The molecule has 3 aromatic rings. The molecule has 2 aromatic heterocycles. The second-order valence-corrected chi connectivity index (χ2v) is 4.85. The maximum absolute atomic E-state index is 12.1. The Kier molecular flexibility index (Phi) is 3.00. The fourth-order valence-electron chi connectivity index (χ4n) is 1.82. The first-order valence-corrected chi connectivity index (χ1v) is 6.73. The van der Waals surface area contributed by atoms with Crippen LogP contribution in [-0.2, 0) is 6.42 Å². The number of nitrogens with zero attached hydrogens (tertiary/aromatic N) is 2. The molecule has 0 fully saturated rings. The van der Waals surface area contributed by atoms with Gasteiger partial charge in [-0.15, -0.1) is 11.3 Å². The Morgan fingerprint density at radius 1 is 1.47 bits per heavy atom. The van der Waals surface area contributed by atoms with E-state index in [9.17, 15) is 4.79 Å². The van der Waals surface area contributed by atoms with Gasteiger partial charge in [0.25, 0.3) is 0 Å². The molecule has 0 unspecified atom stereocenters. The van der Waals surface area contributed by atoms with E-state index in [4.69, 9.17) is 4.74 Å². The zero-order chi connectivity index (χ0) is 13.2. The SMILES string of the molecule is CCc1ncsc1C(=O)Oc1ccc2cn[nH]c2c1. The molecule has 6 heteroatoms. The van der Waals surface area contributed by atoms with Gasteiger partial charge < -0.3 is 4.74 Å². The van der Waals surface area contributed by atoms with E-state index in [1.165, 1.54) is 11.3 Å². The van der Waals surface area contributed by atoms with Crippen molar-refractivity contribution in [2.24, 2.45) is 0 Å². The summed E-state index contributed by atoms with van der Waals surface area (Å²) < 4.78 is 5.36. The number of hydrogen-bond acceptors (Lipinski definition) is 5. The first kappa shape index (κ1) is 11.9. The van der Waals surface area contributed by atoms with Gasteiger partial charge in [-0.1, -0.05) is 6.92 Å². The highest BCUT2D eigenvalue weighted by Crippen LogP contribution is 2.21. The summed E-state index contributed by atoms with van der Waals surface area (Å²) >= 11 is 1.30. The number of H-pyrrole nitrogens is 1. The first-order valence-electron chi connectivity index (χ1n) is 5.85. The van der Waals surface area contributed by atoms with Crippen molar-refractivity contribution in [1.82, 2.24) is 15.2 Å². The zero-order valence-corrected chi connectivity index (χ0v) is 11.0.